The highest BCUT2D eigenvalue weighted by molar-refractivity contribution is 7.59. The molecule has 1 saturated heterocycles. The summed E-state index contributed by atoms with van der Waals surface area (Å²) in [6.07, 6.45) is 6.96. The molecule has 184 valence electrons. The van der Waals surface area contributed by atoms with Gasteiger partial charge in [0.15, 0.2) is 0 Å². The zero-order chi connectivity index (χ0) is 23.7. The third kappa shape index (κ3) is 8.51. The minimum atomic E-state index is -1.09. The van der Waals surface area contributed by atoms with E-state index in [1.165, 1.54) is 30.6 Å². The van der Waals surface area contributed by atoms with Crippen LogP contribution in [0.2, 0.25) is 0 Å². The van der Waals surface area contributed by atoms with E-state index in [4.69, 9.17) is 9.84 Å². The minimum absolute atomic E-state index is 0. The van der Waals surface area contributed by atoms with Gasteiger partial charge in [0.2, 0.25) is 5.91 Å². The monoisotopic (exact) mass is 478 g/mol. The number of benzene rings is 1. The van der Waals surface area contributed by atoms with E-state index in [9.17, 15) is 14.4 Å². The van der Waals surface area contributed by atoms with Crippen molar-refractivity contribution in [2.24, 2.45) is 5.92 Å². The van der Waals surface area contributed by atoms with Gasteiger partial charge in [-0.05, 0) is 62.5 Å². The lowest BCUT2D eigenvalue weighted by molar-refractivity contribution is -0.142. The molecule has 1 aromatic rings. The molecule has 2 rings (SSSR count). The fourth-order valence-electron chi connectivity index (χ4n) is 4.29. The minimum Gasteiger partial charge on any atom is -0.480 e. The predicted molar refractivity (Wildman–Crippen MR) is 134 cm³/mol. The van der Waals surface area contributed by atoms with Crippen molar-refractivity contribution in [2.45, 2.75) is 64.3 Å². The van der Waals surface area contributed by atoms with Gasteiger partial charge in [-0.15, -0.1) is 0 Å². The molecule has 7 nitrogen and oxygen atoms in total. The molecule has 0 spiro atoms. The first-order chi connectivity index (χ1) is 15.2. The number of likely N-dealkylation sites (N-methyl/N-ethyl adjacent to an activating group) is 1. The smallest absolute Gasteiger partial charge is 0.326 e. The average molecular weight is 479 g/mol. The summed E-state index contributed by atoms with van der Waals surface area (Å²) < 4.78 is 5.50. The van der Waals surface area contributed by atoms with Gasteiger partial charge in [0.1, 0.15) is 11.8 Å². The molecule has 2 N–H and O–H groups in total. The molecule has 1 heterocycles. The van der Waals surface area contributed by atoms with Gasteiger partial charge in [-0.1, -0.05) is 45.4 Å². The van der Waals surface area contributed by atoms with Gasteiger partial charge in [0, 0.05) is 12.0 Å². The number of carboxylic acid groups (broad SMARTS) is 1. The van der Waals surface area contributed by atoms with Crippen LogP contribution in [0.4, 0.5) is 0 Å². The van der Waals surface area contributed by atoms with Crippen molar-refractivity contribution in [1.82, 2.24) is 10.2 Å². The van der Waals surface area contributed by atoms with Crippen LogP contribution in [0.5, 0.6) is 5.75 Å². The van der Waals surface area contributed by atoms with E-state index >= 15 is 0 Å². The van der Waals surface area contributed by atoms with Gasteiger partial charge in [0.05, 0.1) is 6.42 Å². The highest BCUT2D eigenvalue weighted by Gasteiger charge is 2.33. The third-order valence-corrected chi connectivity index (χ3v) is 6.16. The van der Waals surface area contributed by atoms with E-state index in [-0.39, 0.29) is 31.2 Å². The highest BCUT2D eigenvalue weighted by atomic mass is 32.1. The molecule has 2 unspecified atom stereocenters. The Morgan fingerprint density at radius 2 is 2.00 bits per heavy atom. The summed E-state index contributed by atoms with van der Waals surface area (Å²) in [4.78, 5) is 37.7. The van der Waals surface area contributed by atoms with Crippen molar-refractivity contribution in [3.8, 4) is 5.75 Å². The number of nitrogens with zero attached hydrogens (tertiary/aromatic N) is 1. The quantitative estimate of drug-likeness (QED) is 0.320. The Morgan fingerprint density at radius 1 is 1.27 bits per heavy atom. The molecule has 33 heavy (non-hydrogen) atoms. The third-order valence-electron chi connectivity index (χ3n) is 6.16. The second-order valence-electron chi connectivity index (χ2n) is 9.01. The van der Waals surface area contributed by atoms with Crippen molar-refractivity contribution in [1.29, 1.82) is 0 Å². The van der Waals surface area contributed by atoms with Crippen LogP contribution >= 0.6 is 13.5 Å². The topological polar surface area (TPSA) is 95.9 Å². The second kappa shape index (κ2) is 13.4. The Hall–Kier alpha value is -2.32. The molecule has 1 aliphatic heterocycles. The molecular formula is C25H38N2O5S. The van der Waals surface area contributed by atoms with Gasteiger partial charge >= 0.3 is 11.9 Å². The number of hydrogen-bond acceptors (Lipinski definition) is 5. The lowest BCUT2D eigenvalue weighted by Gasteiger charge is -2.35. The summed E-state index contributed by atoms with van der Waals surface area (Å²) in [5, 5.41) is 11.6. The zero-order valence-corrected chi connectivity index (χ0v) is 21.1. The Balaban J connectivity index is 0.00000544. The molecule has 8 heteroatoms. The first-order valence-electron chi connectivity index (χ1n) is 11.4. The molecule has 1 amide bonds. The first-order valence-corrected chi connectivity index (χ1v) is 11.4. The molecule has 2 atom stereocenters. The Morgan fingerprint density at radius 3 is 2.64 bits per heavy atom. The van der Waals surface area contributed by atoms with Crippen molar-refractivity contribution in [2.75, 3.05) is 20.1 Å². The van der Waals surface area contributed by atoms with Crippen LogP contribution in [0.25, 0.3) is 0 Å². The molecule has 0 saturated carbocycles. The van der Waals surface area contributed by atoms with E-state index in [1.54, 1.807) is 19.9 Å². The molecule has 1 fully saturated rings. The zero-order valence-electron chi connectivity index (χ0n) is 20.1. The summed E-state index contributed by atoms with van der Waals surface area (Å²) in [5.41, 5.74) is 1.23. The van der Waals surface area contributed by atoms with Crippen LogP contribution in [0.15, 0.2) is 36.4 Å². The van der Waals surface area contributed by atoms with Crippen LogP contribution < -0.4 is 10.1 Å². The summed E-state index contributed by atoms with van der Waals surface area (Å²) >= 11 is 0. The van der Waals surface area contributed by atoms with Crippen LogP contribution in [-0.2, 0) is 19.8 Å². The number of amides is 1. The maximum absolute atomic E-state index is 12.3. The summed E-state index contributed by atoms with van der Waals surface area (Å²) in [7, 11) is 2.15. The summed E-state index contributed by atoms with van der Waals surface area (Å²) in [6.45, 7) is 7.71. The number of ether oxygens (including phenoxy) is 1. The van der Waals surface area contributed by atoms with E-state index in [1.807, 2.05) is 12.1 Å². The Labute approximate surface area is 204 Å². The molecule has 0 bridgehead atoms. The number of carbonyl (C=O) groups is 3. The number of rotatable bonds is 9. The van der Waals surface area contributed by atoms with Gasteiger partial charge in [-0.3, -0.25) is 9.59 Å². The Kier molecular flexibility index (Phi) is 11.7. The van der Waals surface area contributed by atoms with E-state index in [2.05, 4.69) is 30.3 Å². The van der Waals surface area contributed by atoms with Crippen LogP contribution in [0.3, 0.4) is 0 Å². The molecule has 0 aromatic heterocycles. The highest BCUT2D eigenvalue weighted by Crippen LogP contribution is 2.37. The maximum atomic E-state index is 12.3. The molecule has 1 aliphatic rings. The van der Waals surface area contributed by atoms with Crippen molar-refractivity contribution >= 4 is 31.3 Å². The maximum Gasteiger partial charge on any atom is 0.326 e. The van der Waals surface area contributed by atoms with Gasteiger partial charge in [-0.2, -0.15) is 13.5 Å². The van der Waals surface area contributed by atoms with Crippen LogP contribution in [-0.4, -0.2) is 54.0 Å². The predicted octanol–water partition coefficient (Wildman–Crippen LogP) is 3.64. The standard InChI is InChI=1S/C25H36N2O5.H2S/c1-5-25(14-6-7-15-27(4)17-25)19-10-8-11-20(16-19)32-22(29)13-9-12-21(28)26-23(18(2)3)24(30)31;/h8-12,16,18,23H,5-7,13-15,17H2,1-4H3,(H,26,28)(H,30,31);1H2/b12-9+;. The number of aliphatic carboxylic acids is 1. The molecule has 0 radical (unpaired) electrons. The number of likely N-dealkylation sites (tertiary alicyclic amines) is 1. The molecule has 0 aliphatic carbocycles. The SMILES string of the molecule is CCC1(c2cccc(OC(=O)C/C=C/C(=O)NC(C(=O)O)C(C)C)c2)CCCCN(C)C1.S. The number of carbonyl (C=O) groups excluding carboxylic acids is 2. The summed E-state index contributed by atoms with van der Waals surface area (Å²) in [5.74, 6) is -1.88. The lowest BCUT2D eigenvalue weighted by atomic mass is 9.74. The number of nitrogens with one attached hydrogen (secondary N) is 1. The largest absolute Gasteiger partial charge is 0.480 e. The number of carboxylic acids is 1. The lowest BCUT2D eigenvalue weighted by Crippen LogP contribution is -2.43. The van der Waals surface area contributed by atoms with Gasteiger partial charge < -0.3 is 20.1 Å². The first kappa shape index (κ1) is 28.7. The molecule has 1 aromatic carbocycles. The average Bonchev–Trinajstić information content (AvgIpc) is 2.93. The van der Waals surface area contributed by atoms with E-state index in [0.29, 0.717) is 5.75 Å². The van der Waals surface area contributed by atoms with Gasteiger partial charge in [-0.25, -0.2) is 4.79 Å². The van der Waals surface area contributed by atoms with Crippen molar-refractivity contribution in [3.63, 3.8) is 0 Å². The van der Waals surface area contributed by atoms with Crippen molar-refractivity contribution in [3.05, 3.63) is 42.0 Å². The van der Waals surface area contributed by atoms with E-state index in [0.717, 1.165) is 25.9 Å². The fourth-order valence-corrected chi connectivity index (χ4v) is 4.29. The van der Waals surface area contributed by atoms with Gasteiger partial charge in [0.25, 0.3) is 0 Å². The van der Waals surface area contributed by atoms with Crippen LogP contribution in [0.1, 0.15) is 58.4 Å². The van der Waals surface area contributed by atoms with Crippen LogP contribution in [0, 0.1) is 5.92 Å². The Bertz CT molecular complexity index is 842. The second-order valence-corrected chi connectivity index (χ2v) is 9.01. The number of hydrogen-bond donors (Lipinski definition) is 2. The fraction of sp³-hybridized carbons (Fsp3) is 0.560. The van der Waals surface area contributed by atoms with E-state index < -0.39 is 23.9 Å². The molecular weight excluding hydrogens is 440 g/mol. The normalized spacial score (nSPS) is 20.0. The summed E-state index contributed by atoms with van der Waals surface area (Å²) in [6, 6.07) is 6.77. The van der Waals surface area contributed by atoms with Crippen molar-refractivity contribution < 1.29 is 24.2 Å². The number of esters is 1.